The van der Waals surface area contributed by atoms with Crippen LogP contribution in [0.2, 0.25) is 0 Å². The molecular weight excluding hydrogens is 270 g/mol. The lowest BCUT2D eigenvalue weighted by molar-refractivity contribution is 0.215. The van der Waals surface area contributed by atoms with Crippen molar-refractivity contribution in [3.05, 3.63) is 0 Å². The van der Waals surface area contributed by atoms with Crippen LogP contribution in [0.1, 0.15) is 12.8 Å². The SMILES string of the molecule is COCCS(=O)(=O)N1CCCC(Br)C1. The first-order valence-electron chi connectivity index (χ1n) is 4.67. The van der Waals surface area contributed by atoms with Crippen molar-refractivity contribution in [2.24, 2.45) is 0 Å². The summed E-state index contributed by atoms with van der Waals surface area (Å²) < 4.78 is 29.8. The maximum atomic E-state index is 11.7. The summed E-state index contributed by atoms with van der Waals surface area (Å²) in [6.07, 6.45) is 1.98. The van der Waals surface area contributed by atoms with E-state index >= 15 is 0 Å². The Morgan fingerprint density at radius 3 is 2.86 bits per heavy atom. The first-order valence-corrected chi connectivity index (χ1v) is 7.19. The lowest BCUT2D eigenvalue weighted by Gasteiger charge is -2.28. The number of hydrogen-bond donors (Lipinski definition) is 0. The minimum absolute atomic E-state index is 0.0865. The zero-order valence-electron chi connectivity index (χ0n) is 8.28. The summed E-state index contributed by atoms with van der Waals surface area (Å²) >= 11 is 3.45. The second-order valence-electron chi connectivity index (χ2n) is 3.41. The molecule has 0 aromatic carbocycles. The number of nitrogens with zero attached hydrogens (tertiary/aromatic N) is 1. The van der Waals surface area contributed by atoms with Crippen molar-refractivity contribution in [2.75, 3.05) is 32.6 Å². The number of piperidine rings is 1. The minimum Gasteiger partial charge on any atom is -0.384 e. The van der Waals surface area contributed by atoms with Crippen molar-refractivity contribution < 1.29 is 13.2 Å². The van der Waals surface area contributed by atoms with E-state index in [0.717, 1.165) is 12.8 Å². The fourth-order valence-corrected chi connectivity index (χ4v) is 3.78. The number of rotatable bonds is 4. The van der Waals surface area contributed by atoms with Crippen molar-refractivity contribution in [2.45, 2.75) is 17.7 Å². The van der Waals surface area contributed by atoms with E-state index in [1.54, 1.807) is 4.31 Å². The number of methoxy groups -OCH3 is 1. The van der Waals surface area contributed by atoms with E-state index in [1.165, 1.54) is 7.11 Å². The zero-order valence-corrected chi connectivity index (χ0v) is 10.7. The predicted octanol–water partition coefficient (Wildman–Crippen LogP) is 0.822. The van der Waals surface area contributed by atoms with Crippen LogP contribution < -0.4 is 0 Å². The van der Waals surface area contributed by atoms with Crippen molar-refractivity contribution in [1.82, 2.24) is 4.31 Å². The summed E-state index contributed by atoms with van der Waals surface area (Å²) in [5.74, 6) is 0.0865. The molecule has 1 aliphatic heterocycles. The van der Waals surface area contributed by atoms with Gasteiger partial charge in [0.05, 0.1) is 12.4 Å². The molecule has 84 valence electrons. The Labute approximate surface area is 93.8 Å². The van der Waals surface area contributed by atoms with Crippen molar-refractivity contribution >= 4 is 26.0 Å². The number of alkyl halides is 1. The molecule has 6 heteroatoms. The number of sulfonamides is 1. The highest BCUT2D eigenvalue weighted by molar-refractivity contribution is 9.09. The van der Waals surface area contributed by atoms with E-state index in [0.29, 0.717) is 17.9 Å². The van der Waals surface area contributed by atoms with Gasteiger partial charge in [-0.1, -0.05) is 15.9 Å². The first kappa shape index (κ1) is 12.4. The lowest BCUT2D eigenvalue weighted by Crippen LogP contribution is -2.42. The summed E-state index contributed by atoms with van der Waals surface area (Å²) in [5.41, 5.74) is 0. The average Bonchev–Trinajstić information content (AvgIpc) is 2.15. The van der Waals surface area contributed by atoms with Gasteiger partial charge in [0, 0.05) is 25.0 Å². The molecule has 0 aromatic heterocycles. The highest BCUT2D eigenvalue weighted by Crippen LogP contribution is 2.19. The summed E-state index contributed by atoms with van der Waals surface area (Å²) in [6, 6.07) is 0. The maximum absolute atomic E-state index is 11.7. The molecule has 0 aromatic rings. The predicted molar refractivity (Wildman–Crippen MR) is 59.2 cm³/mol. The van der Waals surface area contributed by atoms with Gasteiger partial charge in [0.15, 0.2) is 0 Å². The third kappa shape index (κ3) is 3.49. The van der Waals surface area contributed by atoms with Crippen LogP contribution in [0.3, 0.4) is 0 Å². The van der Waals surface area contributed by atoms with Crippen LogP contribution in [-0.4, -0.2) is 50.1 Å². The van der Waals surface area contributed by atoms with Crippen LogP contribution in [0.25, 0.3) is 0 Å². The fraction of sp³-hybridized carbons (Fsp3) is 1.00. The summed E-state index contributed by atoms with van der Waals surface area (Å²) in [4.78, 5) is 0.300. The van der Waals surface area contributed by atoms with Gasteiger partial charge in [0.2, 0.25) is 10.0 Å². The molecule has 1 rings (SSSR count). The molecule has 0 radical (unpaired) electrons. The molecule has 1 aliphatic rings. The number of hydrogen-bond acceptors (Lipinski definition) is 3. The Morgan fingerprint density at radius 1 is 1.57 bits per heavy atom. The van der Waals surface area contributed by atoms with Gasteiger partial charge in [-0.3, -0.25) is 0 Å². The van der Waals surface area contributed by atoms with E-state index < -0.39 is 10.0 Å². The first-order chi connectivity index (χ1) is 6.56. The van der Waals surface area contributed by atoms with Gasteiger partial charge in [-0.05, 0) is 12.8 Å². The smallest absolute Gasteiger partial charge is 0.216 e. The highest BCUT2D eigenvalue weighted by atomic mass is 79.9. The molecule has 0 spiro atoms. The minimum atomic E-state index is -3.10. The van der Waals surface area contributed by atoms with E-state index in [4.69, 9.17) is 4.74 Å². The Morgan fingerprint density at radius 2 is 2.29 bits per heavy atom. The van der Waals surface area contributed by atoms with E-state index in [-0.39, 0.29) is 12.4 Å². The van der Waals surface area contributed by atoms with Gasteiger partial charge in [0.1, 0.15) is 0 Å². The monoisotopic (exact) mass is 285 g/mol. The average molecular weight is 286 g/mol. The van der Waals surface area contributed by atoms with E-state index in [1.807, 2.05) is 0 Å². The Kier molecular flexibility index (Phi) is 4.82. The second-order valence-corrected chi connectivity index (χ2v) is 6.79. The second kappa shape index (κ2) is 5.44. The van der Waals surface area contributed by atoms with Gasteiger partial charge in [0.25, 0.3) is 0 Å². The standard InChI is InChI=1S/C8H16BrNO3S/c1-13-5-6-14(11,12)10-4-2-3-8(9)7-10/h8H,2-7H2,1H3. The van der Waals surface area contributed by atoms with E-state index in [9.17, 15) is 8.42 Å². The molecule has 1 saturated heterocycles. The van der Waals surface area contributed by atoms with E-state index in [2.05, 4.69) is 15.9 Å². The molecule has 14 heavy (non-hydrogen) atoms. The molecule has 1 atom stereocenters. The van der Waals surface area contributed by atoms with Gasteiger partial charge in [-0.15, -0.1) is 0 Å². The third-order valence-electron chi connectivity index (χ3n) is 2.27. The molecule has 4 nitrogen and oxygen atoms in total. The molecule has 0 saturated carbocycles. The quantitative estimate of drug-likeness (QED) is 0.719. The molecular formula is C8H16BrNO3S. The Hall–Kier alpha value is 0.350. The normalized spacial score (nSPS) is 25.1. The molecule has 1 heterocycles. The lowest BCUT2D eigenvalue weighted by atomic mass is 10.2. The topological polar surface area (TPSA) is 46.6 Å². The van der Waals surface area contributed by atoms with Crippen LogP contribution in [0.4, 0.5) is 0 Å². The van der Waals surface area contributed by atoms with Gasteiger partial charge >= 0.3 is 0 Å². The molecule has 0 aliphatic carbocycles. The van der Waals surface area contributed by atoms with Gasteiger partial charge in [-0.2, -0.15) is 0 Å². The maximum Gasteiger partial charge on any atom is 0.216 e. The number of ether oxygens (including phenoxy) is 1. The van der Waals surface area contributed by atoms with Gasteiger partial charge < -0.3 is 4.74 Å². The Balaban J connectivity index is 2.53. The van der Waals surface area contributed by atoms with Crippen molar-refractivity contribution in [1.29, 1.82) is 0 Å². The molecule has 0 N–H and O–H groups in total. The molecule has 1 fully saturated rings. The van der Waals surface area contributed by atoms with Crippen molar-refractivity contribution in [3.8, 4) is 0 Å². The molecule has 1 unspecified atom stereocenters. The summed E-state index contributed by atoms with van der Waals surface area (Å²) in [5, 5.41) is 0. The fourth-order valence-electron chi connectivity index (χ4n) is 1.46. The third-order valence-corrected chi connectivity index (χ3v) is 4.81. The van der Waals surface area contributed by atoms with Crippen LogP contribution in [0.15, 0.2) is 0 Å². The largest absolute Gasteiger partial charge is 0.384 e. The molecule has 0 amide bonds. The zero-order chi connectivity index (χ0) is 10.6. The van der Waals surface area contributed by atoms with Crippen LogP contribution >= 0.6 is 15.9 Å². The van der Waals surface area contributed by atoms with Crippen molar-refractivity contribution in [3.63, 3.8) is 0 Å². The molecule has 0 bridgehead atoms. The number of halogens is 1. The van der Waals surface area contributed by atoms with Crippen LogP contribution in [0.5, 0.6) is 0 Å². The van der Waals surface area contributed by atoms with Crippen LogP contribution in [0, 0.1) is 0 Å². The highest BCUT2D eigenvalue weighted by Gasteiger charge is 2.27. The van der Waals surface area contributed by atoms with Gasteiger partial charge in [-0.25, -0.2) is 12.7 Å². The van der Waals surface area contributed by atoms with Crippen LogP contribution in [-0.2, 0) is 14.8 Å². The summed E-state index contributed by atoms with van der Waals surface area (Å²) in [7, 11) is -1.59. The summed E-state index contributed by atoms with van der Waals surface area (Å²) in [6.45, 7) is 1.51. The Bertz CT molecular complexity index is 268.